The Balaban J connectivity index is 1.62. The van der Waals surface area contributed by atoms with E-state index >= 15 is 0 Å². The van der Waals surface area contributed by atoms with Gasteiger partial charge in [0.1, 0.15) is 29.2 Å². The van der Waals surface area contributed by atoms with Gasteiger partial charge in [0.05, 0.1) is 18.1 Å². The second-order valence-electron chi connectivity index (χ2n) is 7.87. The van der Waals surface area contributed by atoms with Crippen molar-refractivity contribution in [2.75, 3.05) is 11.4 Å². The van der Waals surface area contributed by atoms with Crippen LogP contribution in [-0.4, -0.2) is 47.9 Å². The van der Waals surface area contributed by atoms with E-state index < -0.39 is 23.5 Å². The van der Waals surface area contributed by atoms with Crippen LogP contribution in [0, 0.1) is 11.7 Å². The van der Waals surface area contributed by atoms with Crippen molar-refractivity contribution < 1.29 is 14.3 Å². The van der Waals surface area contributed by atoms with Gasteiger partial charge in [-0.05, 0) is 43.0 Å². The van der Waals surface area contributed by atoms with Crippen molar-refractivity contribution in [2.24, 2.45) is 11.7 Å². The highest BCUT2D eigenvalue weighted by Crippen LogP contribution is 2.32. The fourth-order valence-corrected chi connectivity index (χ4v) is 3.76. The number of halogens is 1. The molecule has 4 heterocycles. The fraction of sp³-hybridized carbons (Fsp3) is 0.286. The third-order valence-electron chi connectivity index (χ3n) is 5.55. The molecule has 164 valence electrons. The molecule has 1 fully saturated rings. The van der Waals surface area contributed by atoms with Crippen molar-refractivity contribution >= 4 is 28.4 Å². The molecule has 1 unspecified atom stereocenters. The molecule has 1 atom stereocenters. The number of amides is 1. The molecule has 32 heavy (non-hydrogen) atoms. The highest BCUT2D eigenvalue weighted by molar-refractivity contribution is 5.92. The number of nitrogens with two attached hydrogens (primary N) is 1. The number of fused-ring (bicyclic) bond motifs is 2. The Hall–Kier alpha value is -3.86. The number of rotatable bonds is 7. The standard InChI is InChI=1S/C21H20FN7O3/c22-13-5-6-16(25-9-13)27(10-12-3-4-12)18(30)11-28-17-8-15(19(23)31)26-29(17)21(32)14-2-1-7-24-20(14)28/h1-2,5-9,12,18,30H,3-4,10-11H2,(H2,23,31). The summed E-state index contributed by atoms with van der Waals surface area (Å²) in [5.74, 6) is -0.392. The van der Waals surface area contributed by atoms with Gasteiger partial charge >= 0.3 is 0 Å². The van der Waals surface area contributed by atoms with E-state index in [2.05, 4.69) is 15.1 Å². The summed E-state index contributed by atoms with van der Waals surface area (Å²) in [5.41, 5.74) is 5.45. The average molecular weight is 437 g/mol. The monoisotopic (exact) mass is 437 g/mol. The first-order chi connectivity index (χ1) is 15.4. The number of hydrogen-bond acceptors (Lipinski definition) is 7. The van der Waals surface area contributed by atoms with Gasteiger partial charge in [0.2, 0.25) is 0 Å². The molecule has 0 saturated heterocycles. The number of carbonyl (C=O) groups excluding carboxylic acids is 1. The highest BCUT2D eigenvalue weighted by Gasteiger charge is 2.29. The summed E-state index contributed by atoms with van der Waals surface area (Å²) in [7, 11) is 0. The van der Waals surface area contributed by atoms with Gasteiger partial charge in [0, 0.05) is 18.8 Å². The zero-order chi connectivity index (χ0) is 22.4. The van der Waals surface area contributed by atoms with Crippen LogP contribution in [0.25, 0.3) is 16.7 Å². The minimum atomic E-state index is -1.07. The Morgan fingerprint density at radius 2 is 2.12 bits per heavy atom. The minimum absolute atomic E-state index is 0.00698. The summed E-state index contributed by atoms with van der Waals surface area (Å²) >= 11 is 0. The van der Waals surface area contributed by atoms with E-state index in [4.69, 9.17) is 5.73 Å². The van der Waals surface area contributed by atoms with Crippen molar-refractivity contribution in [1.29, 1.82) is 0 Å². The number of hydrogen-bond donors (Lipinski definition) is 2. The average Bonchev–Trinajstić information content (AvgIpc) is 3.50. The van der Waals surface area contributed by atoms with Crippen molar-refractivity contribution in [3.8, 4) is 0 Å². The van der Waals surface area contributed by atoms with Crippen LogP contribution in [0.5, 0.6) is 0 Å². The summed E-state index contributed by atoms with van der Waals surface area (Å²) in [5, 5.41) is 15.5. The van der Waals surface area contributed by atoms with Crippen LogP contribution in [0.4, 0.5) is 10.2 Å². The molecule has 0 aliphatic heterocycles. The summed E-state index contributed by atoms with van der Waals surface area (Å²) in [6, 6.07) is 7.42. The van der Waals surface area contributed by atoms with Gasteiger partial charge in [-0.2, -0.15) is 9.61 Å². The van der Waals surface area contributed by atoms with Gasteiger partial charge < -0.3 is 20.3 Å². The number of aliphatic hydroxyl groups excluding tert-OH is 1. The highest BCUT2D eigenvalue weighted by atomic mass is 19.1. The summed E-state index contributed by atoms with van der Waals surface area (Å²) in [6.45, 7) is 0.542. The minimum Gasteiger partial charge on any atom is -0.372 e. The molecule has 0 spiro atoms. The molecular weight excluding hydrogens is 417 g/mol. The molecule has 0 radical (unpaired) electrons. The predicted octanol–water partition coefficient (Wildman–Crippen LogP) is 0.912. The van der Waals surface area contributed by atoms with E-state index in [0.717, 1.165) is 23.6 Å². The zero-order valence-corrected chi connectivity index (χ0v) is 16.9. The lowest BCUT2D eigenvalue weighted by molar-refractivity contribution is 0.0995. The van der Waals surface area contributed by atoms with Crippen LogP contribution in [0.1, 0.15) is 23.3 Å². The van der Waals surface area contributed by atoms with Gasteiger partial charge in [-0.3, -0.25) is 9.59 Å². The maximum absolute atomic E-state index is 13.4. The number of anilines is 1. The Morgan fingerprint density at radius 1 is 1.31 bits per heavy atom. The Kier molecular flexibility index (Phi) is 4.82. The van der Waals surface area contributed by atoms with Crippen LogP contribution >= 0.6 is 0 Å². The smallest absolute Gasteiger partial charge is 0.283 e. The van der Waals surface area contributed by atoms with Crippen LogP contribution < -0.4 is 16.2 Å². The van der Waals surface area contributed by atoms with Crippen molar-refractivity contribution in [2.45, 2.75) is 25.6 Å². The molecule has 1 aliphatic carbocycles. The zero-order valence-electron chi connectivity index (χ0n) is 16.9. The Morgan fingerprint density at radius 3 is 2.81 bits per heavy atom. The molecule has 3 N–H and O–H groups in total. The van der Waals surface area contributed by atoms with Crippen LogP contribution in [-0.2, 0) is 6.54 Å². The van der Waals surface area contributed by atoms with Gasteiger partial charge in [-0.15, -0.1) is 0 Å². The van der Waals surface area contributed by atoms with E-state index in [-0.39, 0.29) is 23.3 Å². The third kappa shape index (κ3) is 3.56. The molecule has 1 saturated carbocycles. The Bertz CT molecular complexity index is 1380. The first-order valence-electron chi connectivity index (χ1n) is 10.2. The number of aliphatic hydroxyl groups is 1. The molecule has 4 aromatic rings. The second kappa shape index (κ2) is 7.68. The van der Waals surface area contributed by atoms with E-state index in [9.17, 15) is 19.1 Å². The van der Waals surface area contributed by atoms with Crippen LogP contribution in [0.3, 0.4) is 0 Å². The molecule has 11 heteroatoms. The lowest BCUT2D eigenvalue weighted by Gasteiger charge is -2.30. The van der Waals surface area contributed by atoms with E-state index in [1.165, 1.54) is 24.4 Å². The second-order valence-corrected chi connectivity index (χ2v) is 7.87. The summed E-state index contributed by atoms with van der Waals surface area (Å²) < 4.78 is 16.1. The lowest BCUT2D eigenvalue weighted by atomic mass is 10.3. The molecule has 10 nitrogen and oxygen atoms in total. The number of carbonyl (C=O) groups is 1. The van der Waals surface area contributed by atoms with Crippen LogP contribution in [0.15, 0.2) is 47.5 Å². The van der Waals surface area contributed by atoms with E-state index in [1.807, 2.05) is 0 Å². The third-order valence-corrected chi connectivity index (χ3v) is 5.55. The van der Waals surface area contributed by atoms with Gasteiger partial charge in [-0.25, -0.2) is 14.4 Å². The molecule has 0 aromatic carbocycles. The Labute approximate surface area is 180 Å². The van der Waals surface area contributed by atoms with Gasteiger partial charge in [-0.1, -0.05) is 0 Å². The van der Waals surface area contributed by atoms with Crippen molar-refractivity contribution in [3.05, 3.63) is 64.6 Å². The van der Waals surface area contributed by atoms with Gasteiger partial charge in [0.25, 0.3) is 11.5 Å². The van der Waals surface area contributed by atoms with Crippen LogP contribution in [0.2, 0.25) is 0 Å². The first-order valence-corrected chi connectivity index (χ1v) is 10.2. The summed E-state index contributed by atoms with van der Waals surface area (Å²) in [4.78, 5) is 34.7. The molecule has 1 amide bonds. The summed E-state index contributed by atoms with van der Waals surface area (Å²) in [6.07, 6.45) is 3.66. The molecular formula is C21H20FN7O3. The fourth-order valence-electron chi connectivity index (χ4n) is 3.76. The number of primary amides is 1. The molecule has 5 rings (SSSR count). The predicted molar refractivity (Wildman–Crippen MR) is 114 cm³/mol. The van der Waals surface area contributed by atoms with E-state index in [1.54, 1.807) is 21.6 Å². The number of aromatic nitrogens is 5. The van der Waals surface area contributed by atoms with Crippen molar-refractivity contribution in [1.82, 2.24) is 24.1 Å². The van der Waals surface area contributed by atoms with E-state index in [0.29, 0.717) is 23.9 Å². The maximum atomic E-state index is 13.4. The molecule has 0 bridgehead atoms. The van der Waals surface area contributed by atoms with Crippen molar-refractivity contribution in [3.63, 3.8) is 0 Å². The number of nitrogens with zero attached hydrogens (tertiary/aromatic N) is 6. The first kappa shape index (κ1) is 20.1. The SMILES string of the molecule is NC(=O)c1cc2n(CC(O)N(CC3CC3)c3ccc(F)cn3)c3ncccc3c(=O)n2n1. The maximum Gasteiger partial charge on any atom is 0.283 e. The van der Waals surface area contributed by atoms with Gasteiger partial charge in [0.15, 0.2) is 5.69 Å². The quantitative estimate of drug-likeness (QED) is 0.411. The lowest BCUT2D eigenvalue weighted by Crippen LogP contribution is -2.41. The number of pyridine rings is 2. The molecule has 1 aliphatic rings. The molecule has 4 aromatic heterocycles. The normalized spacial score (nSPS) is 14.7. The topological polar surface area (TPSA) is 132 Å². The largest absolute Gasteiger partial charge is 0.372 e.